The number of carbonyl (C=O) groups is 2. The number of anilines is 1. The molecular weight excluding hydrogens is 434 g/mol. The zero-order valence-electron chi connectivity index (χ0n) is 20.5. The number of pyridine rings is 2. The van der Waals surface area contributed by atoms with Crippen molar-refractivity contribution in [2.75, 3.05) is 38.7 Å². The molecule has 2 atom stereocenters. The van der Waals surface area contributed by atoms with Gasteiger partial charge in [0.25, 0.3) is 0 Å². The van der Waals surface area contributed by atoms with Crippen LogP contribution in [0, 0.1) is 5.92 Å². The number of unbranched alkanes of at least 4 members (excludes halogenated alkanes) is 4. The third-order valence-electron chi connectivity index (χ3n) is 6.20. The normalized spacial score (nSPS) is 18.4. The second-order valence-corrected chi connectivity index (χ2v) is 8.65. The standard InChI is InChI=1S/C25H37N5O4/c1-4-6-7-8-9-15-30-16-13-19(18(17-30)24(31)34-5-2)27-25(32)28-21-12-14-26-20-10-11-22(33-3)29-23(20)21/h10-12,14,18-19H,4-9,13,15-17H2,1-3H3,(H2,26,27,28,32)/t18?,19-/m1/s1. The molecule has 1 saturated heterocycles. The predicted octanol–water partition coefficient (Wildman–Crippen LogP) is 3.98. The summed E-state index contributed by atoms with van der Waals surface area (Å²) < 4.78 is 10.5. The lowest BCUT2D eigenvalue weighted by Gasteiger charge is -2.37. The Labute approximate surface area is 201 Å². The van der Waals surface area contributed by atoms with Gasteiger partial charge in [0, 0.05) is 31.4 Å². The number of urea groups is 1. The van der Waals surface area contributed by atoms with E-state index in [0.29, 0.717) is 42.2 Å². The number of carbonyl (C=O) groups excluding carboxylic acids is 2. The monoisotopic (exact) mass is 471 g/mol. The molecule has 0 bridgehead atoms. The predicted molar refractivity (Wildman–Crippen MR) is 132 cm³/mol. The first kappa shape index (κ1) is 25.7. The minimum absolute atomic E-state index is 0.260. The summed E-state index contributed by atoms with van der Waals surface area (Å²) in [4.78, 5) is 36.6. The van der Waals surface area contributed by atoms with E-state index in [2.05, 4.69) is 32.4 Å². The fourth-order valence-corrected chi connectivity index (χ4v) is 4.37. The van der Waals surface area contributed by atoms with E-state index in [1.165, 1.54) is 32.8 Å². The van der Waals surface area contributed by atoms with Gasteiger partial charge in [-0.05, 0) is 38.4 Å². The average molecular weight is 472 g/mol. The highest BCUT2D eigenvalue weighted by molar-refractivity contribution is 5.98. The number of aromatic nitrogens is 2. The van der Waals surface area contributed by atoms with Crippen LogP contribution in [0.25, 0.3) is 11.0 Å². The zero-order valence-corrected chi connectivity index (χ0v) is 20.5. The Morgan fingerprint density at radius 2 is 1.97 bits per heavy atom. The van der Waals surface area contributed by atoms with Gasteiger partial charge in [0.2, 0.25) is 5.88 Å². The number of amides is 2. The number of nitrogens with one attached hydrogen (secondary N) is 2. The summed E-state index contributed by atoms with van der Waals surface area (Å²) in [5.41, 5.74) is 1.71. The summed E-state index contributed by atoms with van der Waals surface area (Å²) in [6, 6.07) is 4.52. The second-order valence-electron chi connectivity index (χ2n) is 8.65. The molecule has 0 aromatic carbocycles. The van der Waals surface area contributed by atoms with Gasteiger partial charge in [-0.25, -0.2) is 9.78 Å². The fraction of sp³-hybridized carbons (Fsp3) is 0.600. The lowest BCUT2D eigenvalue weighted by Crippen LogP contribution is -2.54. The van der Waals surface area contributed by atoms with Crippen LogP contribution in [0.3, 0.4) is 0 Å². The van der Waals surface area contributed by atoms with Gasteiger partial charge in [-0.15, -0.1) is 0 Å². The van der Waals surface area contributed by atoms with Gasteiger partial charge in [-0.1, -0.05) is 32.6 Å². The lowest BCUT2D eigenvalue weighted by molar-refractivity contribution is -0.150. The first-order valence-corrected chi connectivity index (χ1v) is 12.3. The maximum atomic E-state index is 12.9. The van der Waals surface area contributed by atoms with E-state index in [1.807, 2.05) is 0 Å². The van der Waals surface area contributed by atoms with Gasteiger partial charge in [0.15, 0.2) is 0 Å². The Kier molecular flexibility index (Phi) is 9.88. The van der Waals surface area contributed by atoms with E-state index in [0.717, 1.165) is 19.5 Å². The summed E-state index contributed by atoms with van der Waals surface area (Å²) in [5.74, 6) is -0.222. The number of esters is 1. The second kappa shape index (κ2) is 13.1. The van der Waals surface area contributed by atoms with Crippen LogP contribution in [-0.2, 0) is 9.53 Å². The van der Waals surface area contributed by atoms with Crippen molar-refractivity contribution < 1.29 is 19.1 Å². The van der Waals surface area contributed by atoms with Crippen molar-refractivity contribution in [3.05, 3.63) is 24.4 Å². The Balaban J connectivity index is 1.63. The molecule has 1 aliphatic rings. The molecule has 1 unspecified atom stereocenters. The van der Waals surface area contributed by atoms with E-state index in [9.17, 15) is 9.59 Å². The van der Waals surface area contributed by atoms with Crippen LogP contribution < -0.4 is 15.4 Å². The largest absolute Gasteiger partial charge is 0.481 e. The van der Waals surface area contributed by atoms with Crippen LogP contribution in [0.5, 0.6) is 5.88 Å². The maximum absolute atomic E-state index is 12.9. The molecule has 2 aromatic rings. The summed E-state index contributed by atoms with van der Waals surface area (Å²) in [5, 5.41) is 5.86. The topological polar surface area (TPSA) is 106 Å². The molecule has 9 heteroatoms. The number of fused-ring (bicyclic) bond motifs is 1. The first-order chi connectivity index (χ1) is 16.5. The molecule has 0 radical (unpaired) electrons. The summed E-state index contributed by atoms with van der Waals surface area (Å²) in [6.45, 7) is 6.73. The van der Waals surface area contributed by atoms with Crippen LogP contribution in [0.2, 0.25) is 0 Å². The molecule has 2 amide bonds. The van der Waals surface area contributed by atoms with Crippen LogP contribution >= 0.6 is 0 Å². The van der Waals surface area contributed by atoms with E-state index in [1.54, 1.807) is 31.3 Å². The molecule has 1 aliphatic heterocycles. The molecule has 34 heavy (non-hydrogen) atoms. The summed E-state index contributed by atoms with van der Waals surface area (Å²) in [7, 11) is 1.54. The number of ether oxygens (including phenoxy) is 2. The number of hydrogen-bond acceptors (Lipinski definition) is 7. The molecule has 2 N–H and O–H groups in total. The van der Waals surface area contributed by atoms with E-state index in [4.69, 9.17) is 9.47 Å². The van der Waals surface area contributed by atoms with Crippen LogP contribution in [0.15, 0.2) is 24.4 Å². The highest BCUT2D eigenvalue weighted by atomic mass is 16.5. The van der Waals surface area contributed by atoms with Gasteiger partial charge < -0.3 is 25.0 Å². The van der Waals surface area contributed by atoms with Crippen molar-refractivity contribution in [3.63, 3.8) is 0 Å². The molecular formula is C25H37N5O4. The smallest absolute Gasteiger partial charge is 0.319 e. The quantitative estimate of drug-likeness (QED) is 0.377. The molecule has 0 aliphatic carbocycles. The molecule has 3 rings (SSSR count). The van der Waals surface area contributed by atoms with Gasteiger partial charge in [0.05, 0.1) is 30.8 Å². The van der Waals surface area contributed by atoms with Crippen molar-refractivity contribution >= 4 is 28.7 Å². The number of methoxy groups -OCH3 is 1. The van der Waals surface area contributed by atoms with Crippen LogP contribution in [0.4, 0.5) is 10.5 Å². The van der Waals surface area contributed by atoms with Crippen molar-refractivity contribution in [1.29, 1.82) is 0 Å². The summed E-state index contributed by atoms with van der Waals surface area (Å²) in [6.07, 6.45) is 8.38. The lowest BCUT2D eigenvalue weighted by atomic mass is 9.92. The molecule has 0 saturated carbocycles. The summed E-state index contributed by atoms with van der Waals surface area (Å²) >= 11 is 0. The zero-order chi connectivity index (χ0) is 24.3. The Bertz CT molecular complexity index is 954. The first-order valence-electron chi connectivity index (χ1n) is 12.3. The number of piperidine rings is 1. The Morgan fingerprint density at radius 1 is 1.15 bits per heavy atom. The van der Waals surface area contributed by atoms with Crippen LogP contribution in [0.1, 0.15) is 52.4 Å². The highest BCUT2D eigenvalue weighted by Gasteiger charge is 2.36. The van der Waals surface area contributed by atoms with E-state index in [-0.39, 0.29) is 18.0 Å². The van der Waals surface area contributed by atoms with E-state index < -0.39 is 5.92 Å². The minimum atomic E-state index is -0.400. The Morgan fingerprint density at radius 3 is 2.74 bits per heavy atom. The van der Waals surface area contributed by atoms with Crippen molar-refractivity contribution in [2.24, 2.45) is 5.92 Å². The molecule has 3 heterocycles. The molecule has 9 nitrogen and oxygen atoms in total. The Hall–Kier alpha value is -2.94. The van der Waals surface area contributed by atoms with Crippen molar-refractivity contribution in [2.45, 2.75) is 58.4 Å². The third kappa shape index (κ3) is 7.03. The number of nitrogens with zero attached hydrogens (tertiary/aromatic N) is 3. The fourth-order valence-electron chi connectivity index (χ4n) is 4.37. The van der Waals surface area contributed by atoms with Gasteiger partial charge in [-0.3, -0.25) is 9.78 Å². The maximum Gasteiger partial charge on any atom is 0.319 e. The SMILES string of the molecule is CCCCCCCN1CC[C@@H](NC(=O)Nc2ccnc3ccc(OC)nc23)C(C(=O)OCC)C1. The van der Waals surface area contributed by atoms with Crippen molar-refractivity contribution in [3.8, 4) is 5.88 Å². The number of likely N-dealkylation sites (tertiary alicyclic amines) is 1. The minimum Gasteiger partial charge on any atom is -0.481 e. The molecule has 186 valence electrons. The molecule has 1 fully saturated rings. The molecule has 0 spiro atoms. The third-order valence-corrected chi connectivity index (χ3v) is 6.20. The number of rotatable bonds is 11. The van der Waals surface area contributed by atoms with Gasteiger partial charge in [0.1, 0.15) is 5.52 Å². The van der Waals surface area contributed by atoms with E-state index >= 15 is 0 Å². The van der Waals surface area contributed by atoms with Gasteiger partial charge >= 0.3 is 12.0 Å². The number of hydrogen-bond donors (Lipinski definition) is 2. The molecule has 2 aromatic heterocycles. The average Bonchev–Trinajstić information content (AvgIpc) is 2.84. The van der Waals surface area contributed by atoms with Crippen LogP contribution in [-0.4, -0.2) is 66.3 Å². The highest BCUT2D eigenvalue weighted by Crippen LogP contribution is 2.23. The van der Waals surface area contributed by atoms with Crippen molar-refractivity contribution in [1.82, 2.24) is 20.2 Å². The van der Waals surface area contributed by atoms with Gasteiger partial charge in [-0.2, -0.15) is 0 Å².